The topological polar surface area (TPSA) is 52.0 Å². The van der Waals surface area contributed by atoms with Crippen LogP contribution in [0.25, 0.3) is 0 Å². The van der Waals surface area contributed by atoms with Gasteiger partial charge in [-0.15, -0.1) is 0 Å². The summed E-state index contributed by atoms with van der Waals surface area (Å²) in [6.45, 7) is 5.47. The fraction of sp³-hybridized carbons (Fsp3) is 0.350. The first-order valence-electron chi connectivity index (χ1n) is 8.98. The van der Waals surface area contributed by atoms with Crippen LogP contribution < -0.4 is 15.0 Å². The molecule has 5 nitrogen and oxygen atoms in total. The second-order valence-electron chi connectivity index (χ2n) is 6.43. The molecular weight excluding hydrogens is 387 g/mol. The van der Waals surface area contributed by atoms with Gasteiger partial charge in [-0.25, -0.2) is 0 Å². The number of quaternary nitrogens is 1. The largest absolute Gasteiger partial charge is 0.489 e. The fourth-order valence-electron chi connectivity index (χ4n) is 2.89. The minimum atomic E-state index is -0.0948. The van der Waals surface area contributed by atoms with Crippen LogP contribution >= 0.6 is 23.2 Å². The zero-order chi connectivity index (χ0) is 19.1. The Hall–Kier alpha value is -1.79. The number of benzene rings is 2. The Morgan fingerprint density at radius 1 is 1.11 bits per heavy atom. The minimum Gasteiger partial charge on any atom is -0.489 e. The van der Waals surface area contributed by atoms with Crippen LogP contribution in [0.3, 0.4) is 0 Å². The second kappa shape index (κ2) is 9.95. The summed E-state index contributed by atoms with van der Waals surface area (Å²) in [4.78, 5) is 13.8. The smallest absolute Gasteiger partial charge is 0.251 e. The molecular formula is C20H23Cl2N2O3+. The van der Waals surface area contributed by atoms with Gasteiger partial charge in [0.05, 0.1) is 36.3 Å². The van der Waals surface area contributed by atoms with E-state index in [1.807, 2.05) is 18.2 Å². The van der Waals surface area contributed by atoms with Crippen LogP contribution in [0.1, 0.15) is 15.9 Å². The maximum absolute atomic E-state index is 12.4. The lowest BCUT2D eigenvalue weighted by atomic mass is 10.2. The van der Waals surface area contributed by atoms with Gasteiger partial charge < -0.3 is 19.7 Å². The number of morpholine rings is 1. The number of hydrogen-bond acceptors (Lipinski definition) is 3. The van der Waals surface area contributed by atoms with Crippen LogP contribution in [-0.2, 0) is 11.3 Å². The van der Waals surface area contributed by atoms with E-state index in [4.69, 9.17) is 32.7 Å². The number of halogens is 2. The Bertz CT molecular complexity index is 780. The highest BCUT2D eigenvalue weighted by Crippen LogP contribution is 2.23. The SMILES string of the molecule is O=C(NCC[NH+]1CCOCC1)c1cccc(OCc2ccc(Cl)c(Cl)c2)c1. The van der Waals surface area contributed by atoms with E-state index in [1.165, 1.54) is 4.90 Å². The Balaban J connectivity index is 1.49. The number of rotatable bonds is 7. The summed E-state index contributed by atoms with van der Waals surface area (Å²) < 4.78 is 11.1. The molecule has 1 heterocycles. The van der Waals surface area contributed by atoms with E-state index in [2.05, 4.69) is 5.32 Å². The number of carbonyl (C=O) groups excluding carboxylic acids is 1. The number of nitrogens with one attached hydrogen (secondary N) is 2. The van der Waals surface area contributed by atoms with Crippen LogP contribution in [-0.4, -0.2) is 45.3 Å². The van der Waals surface area contributed by atoms with Crippen LogP contribution in [0.5, 0.6) is 5.75 Å². The molecule has 144 valence electrons. The summed E-state index contributed by atoms with van der Waals surface area (Å²) in [6.07, 6.45) is 0. The highest BCUT2D eigenvalue weighted by atomic mass is 35.5. The summed E-state index contributed by atoms with van der Waals surface area (Å²) in [5, 5.41) is 3.98. The predicted molar refractivity (Wildman–Crippen MR) is 106 cm³/mol. The quantitative estimate of drug-likeness (QED) is 0.736. The Morgan fingerprint density at radius 3 is 2.70 bits per heavy atom. The highest BCUT2D eigenvalue weighted by molar-refractivity contribution is 6.42. The molecule has 0 radical (unpaired) electrons. The van der Waals surface area contributed by atoms with Gasteiger partial charge in [0.1, 0.15) is 25.4 Å². The van der Waals surface area contributed by atoms with E-state index in [0.717, 1.165) is 38.4 Å². The van der Waals surface area contributed by atoms with Gasteiger partial charge in [0, 0.05) is 5.56 Å². The molecule has 1 amide bonds. The van der Waals surface area contributed by atoms with Gasteiger partial charge in [-0.2, -0.15) is 0 Å². The molecule has 0 unspecified atom stereocenters. The Morgan fingerprint density at radius 2 is 1.93 bits per heavy atom. The lowest BCUT2D eigenvalue weighted by Crippen LogP contribution is -3.14. The number of carbonyl (C=O) groups is 1. The minimum absolute atomic E-state index is 0.0948. The van der Waals surface area contributed by atoms with Gasteiger partial charge in [-0.1, -0.05) is 35.3 Å². The first kappa shape index (κ1) is 20.0. The molecule has 0 atom stereocenters. The molecule has 0 saturated carbocycles. The first-order chi connectivity index (χ1) is 13.1. The molecule has 0 spiro atoms. The maximum atomic E-state index is 12.4. The summed E-state index contributed by atoms with van der Waals surface area (Å²) >= 11 is 11.9. The third-order valence-corrected chi connectivity index (χ3v) is 5.19. The van der Waals surface area contributed by atoms with E-state index >= 15 is 0 Å². The van der Waals surface area contributed by atoms with Crippen molar-refractivity contribution in [3.63, 3.8) is 0 Å². The van der Waals surface area contributed by atoms with Crippen molar-refractivity contribution in [1.82, 2.24) is 5.32 Å². The molecule has 0 aliphatic carbocycles. The number of amides is 1. The Kier molecular flexibility index (Phi) is 7.35. The van der Waals surface area contributed by atoms with Crippen molar-refractivity contribution in [3.05, 3.63) is 63.6 Å². The summed E-state index contributed by atoms with van der Waals surface area (Å²) in [5.74, 6) is 0.537. The van der Waals surface area contributed by atoms with E-state index in [-0.39, 0.29) is 5.91 Å². The molecule has 1 aliphatic heterocycles. The van der Waals surface area contributed by atoms with Gasteiger partial charge in [0.25, 0.3) is 5.91 Å². The van der Waals surface area contributed by atoms with Crippen molar-refractivity contribution in [2.24, 2.45) is 0 Å². The first-order valence-corrected chi connectivity index (χ1v) is 9.74. The van der Waals surface area contributed by atoms with Crippen molar-refractivity contribution in [3.8, 4) is 5.75 Å². The molecule has 0 bridgehead atoms. The molecule has 1 aliphatic rings. The van der Waals surface area contributed by atoms with Crippen molar-refractivity contribution >= 4 is 29.1 Å². The standard InChI is InChI=1S/C20H22Cl2N2O3/c21-18-5-4-15(12-19(18)22)14-27-17-3-1-2-16(13-17)20(25)23-6-7-24-8-10-26-11-9-24/h1-5,12-13H,6-11,14H2,(H,23,25)/p+1. The van der Waals surface area contributed by atoms with Crippen molar-refractivity contribution in [2.45, 2.75) is 6.61 Å². The third-order valence-electron chi connectivity index (χ3n) is 4.45. The molecule has 2 aromatic carbocycles. The molecule has 27 heavy (non-hydrogen) atoms. The molecule has 1 fully saturated rings. The number of ether oxygens (including phenoxy) is 2. The average molecular weight is 410 g/mol. The monoisotopic (exact) mass is 409 g/mol. The normalized spacial score (nSPS) is 14.7. The van der Waals surface area contributed by atoms with Crippen molar-refractivity contribution in [1.29, 1.82) is 0 Å². The number of hydrogen-bond donors (Lipinski definition) is 2. The van der Waals surface area contributed by atoms with Gasteiger partial charge in [0.2, 0.25) is 0 Å². The van der Waals surface area contributed by atoms with Crippen LogP contribution in [0.4, 0.5) is 0 Å². The van der Waals surface area contributed by atoms with Crippen LogP contribution in [0, 0.1) is 0 Å². The van der Waals surface area contributed by atoms with Gasteiger partial charge in [-0.3, -0.25) is 4.79 Å². The van der Waals surface area contributed by atoms with E-state index in [1.54, 1.807) is 24.3 Å². The third kappa shape index (κ3) is 6.11. The van der Waals surface area contributed by atoms with Gasteiger partial charge in [0.15, 0.2) is 0 Å². The maximum Gasteiger partial charge on any atom is 0.251 e. The molecule has 3 rings (SSSR count). The Labute approximate surface area is 169 Å². The molecule has 2 N–H and O–H groups in total. The zero-order valence-electron chi connectivity index (χ0n) is 15.0. The van der Waals surface area contributed by atoms with Crippen LogP contribution in [0.15, 0.2) is 42.5 Å². The lowest BCUT2D eigenvalue weighted by Gasteiger charge is -2.23. The summed E-state index contributed by atoms with van der Waals surface area (Å²) in [5.41, 5.74) is 1.49. The second-order valence-corrected chi connectivity index (χ2v) is 7.25. The van der Waals surface area contributed by atoms with E-state index < -0.39 is 0 Å². The van der Waals surface area contributed by atoms with Crippen molar-refractivity contribution in [2.75, 3.05) is 39.4 Å². The average Bonchev–Trinajstić information content (AvgIpc) is 2.70. The fourth-order valence-corrected chi connectivity index (χ4v) is 3.21. The van der Waals surface area contributed by atoms with Crippen molar-refractivity contribution < 1.29 is 19.2 Å². The summed E-state index contributed by atoms with van der Waals surface area (Å²) in [7, 11) is 0. The van der Waals surface area contributed by atoms with Crippen LogP contribution in [0.2, 0.25) is 10.0 Å². The summed E-state index contributed by atoms with van der Waals surface area (Å²) in [6, 6.07) is 12.5. The zero-order valence-corrected chi connectivity index (χ0v) is 16.5. The van der Waals surface area contributed by atoms with E-state index in [9.17, 15) is 4.79 Å². The molecule has 7 heteroatoms. The van der Waals surface area contributed by atoms with Gasteiger partial charge >= 0.3 is 0 Å². The predicted octanol–water partition coefficient (Wildman–Crippen LogP) is 2.22. The molecule has 2 aromatic rings. The molecule has 1 saturated heterocycles. The lowest BCUT2D eigenvalue weighted by molar-refractivity contribution is -0.906. The van der Waals surface area contributed by atoms with E-state index in [0.29, 0.717) is 34.5 Å². The van der Waals surface area contributed by atoms with Gasteiger partial charge in [-0.05, 0) is 35.9 Å². The highest BCUT2D eigenvalue weighted by Gasteiger charge is 2.14. The molecule has 0 aromatic heterocycles.